The molecule has 6 heteroatoms. The summed E-state index contributed by atoms with van der Waals surface area (Å²) in [5.41, 5.74) is 0.323. The molecule has 0 aromatic rings. The Labute approximate surface area is 143 Å². The van der Waals surface area contributed by atoms with E-state index < -0.39 is 6.09 Å². The fourth-order valence-electron chi connectivity index (χ4n) is 5.19. The van der Waals surface area contributed by atoms with Gasteiger partial charge in [-0.25, -0.2) is 4.79 Å². The maximum atomic E-state index is 11.1. The third kappa shape index (κ3) is 3.22. The number of carbonyl (C=O) groups is 1. The van der Waals surface area contributed by atoms with Crippen molar-refractivity contribution in [3.63, 3.8) is 0 Å². The molecule has 130 valence electrons. The van der Waals surface area contributed by atoms with Gasteiger partial charge in [0, 0.05) is 49.8 Å². The summed E-state index contributed by atoms with van der Waals surface area (Å²) in [5, 5.41) is 9.14. The van der Waals surface area contributed by atoms with Crippen LogP contribution in [0.1, 0.15) is 32.1 Å². The van der Waals surface area contributed by atoms with E-state index in [9.17, 15) is 4.79 Å². The van der Waals surface area contributed by atoms with Crippen molar-refractivity contribution in [1.82, 2.24) is 14.7 Å². The molecular weight excluding hydrogens is 310 g/mol. The molecule has 0 radical (unpaired) electrons. The number of piperidine rings is 1. The predicted octanol–water partition coefficient (Wildman–Crippen LogP) is 2.03. The quantitative estimate of drug-likeness (QED) is 0.834. The van der Waals surface area contributed by atoms with Crippen LogP contribution >= 0.6 is 11.8 Å². The van der Waals surface area contributed by atoms with Gasteiger partial charge in [-0.1, -0.05) is 0 Å². The Morgan fingerprint density at radius 3 is 2.22 bits per heavy atom. The van der Waals surface area contributed by atoms with Gasteiger partial charge in [-0.15, -0.1) is 0 Å². The minimum Gasteiger partial charge on any atom is -0.465 e. The predicted molar refractivity (Wildman–Crippen MR) is 93.2 cm³/mol. The lowest BCUT2D eigenvalue weighted by Crippen LogP contribution is -2.56. The van der Waals surface area contributed by atoms with Gasteiger partial charge in [-0.2, -0.15) is 11.8 Å². The molecule has 3 aliphatic heterocycles. The second-order valence-corrected chi connectivity index (χ2v) is 9.16. The number of rotatable bonds is 2. The minimum absolute atomic E-state index is 0.323. The molecule has 4 rings (SSSR count). The maximum absolute atomic E-state index is 11.1. The first-order valence-corrected chi connectivity index (χ1v) is 10.3. The molecule has 0 unspecified atom stereocenters. The third-order valence-electron chi connectivity index (χ3n) is 6.62. The van der Waals surface area contributed by atoms with Crippen LogP contribution in [0.15, 0.2) is 0 Å². The average Bonchev–Trinajstić information content (AvgIpc) is 3.00. The number of nitrogens with zero attached hydrogens (tertiary/aromatic N) is 3. The number of carboxylic acid groups (broad SMARTS) is 1. The Bertz CT molecular complexity index is 441. The van der Waals surface area contributed by atoms with E-state index in [-0.39, 0.29) is 0 Å². The molecule has 23 heavy (non-hydrogen) atoms. The zero-order valence-electron chi connectivity index (χ0n) is 14.0. The van der Waals surface area contributed by atoms with Crippen molar-refractivity contribution in [2.24, 2.45) is 5.41 Å². The first kappa shape index (κ1) is 16.0. The summed E-state index contributed by atoms with van der Waals surface area (Å²) < 4.78 is 0. The fourth-order valence-corrected chi connectivity index (χ4v) is 6.12. The first-order valence-electron chi connectivity index (χ1n) is 9.19. The summed E-state index contributed by atoms with van der Waals surface area (Å²) in [6.45, 7) is 6.59. The van der Waals surface area contributed by atoms with Gasteiger partial charge in [-0.05, 0) is 50.6 Å². The van der Waals surface area contributed by atoms with Crippen LogP contribution in [0.2, 0.25) is 0 Å². The Morgan fingerprint density at radius 1 is 0.957 bits per heavy atom. The molecule has 3 saturated heterocycles. The Kier molecular flexibility index (Phi) is 4.50. The number of likely N-dealkylation sites (tertiary alicyclic amines) is 2. The summed E-state index contributed by atoms with van der Waals surface area (Å²) in [6.07, 6.45) is 5.46. The molecule has 0 aromatic heterocycles. The summed E-state index contributed by atoms with van der Waals surface area (Å²) in [7, 11) is 0. The largest absolute Gasteiger partial charge is 0.465 e. The van der Waals surface area contributed by atoms with Gasteiger partial charge in [0.15, 0.2) is 0 Å². The normalized spacial score (nSPS) is 37.2. The molecule has 4 aliphatic rings. The highest BCUT2D eigenvalue weighted by Gasteiger charge is 2.51. The number of thioether (sulfide) groups is 1. The molecule has 4 fully saturated rings. The molecule has 0 aromatic carbocycles. The van der Waals surface area contributed by atoms with Gasteiger partial charge in [-0.3, -0.25) is 4.90 Å². The molecule has 1 amide bonds. The van der Waals surface area contributed by atoms with Crippen LogP contribution in [0.5, 0.6) is 0 Å². The third-order valence-corrected chi connectivity index (χ3v) is 7.57. The monoisotopic (exact) mass is 339 g/mol. The van der Waals surface area contributed by atoms with Gasteiger partial charge in [0.1, 0.15) is 0 Å². The zero-order valence-corrected chi connectivity index (χ0v) is 14.8. The van der Waals surface area contributed by atoms with Crippen LogP contribution in [0.4, 0.5) is 4.79 Å². The van der Waals surface area contributed by atoms with Gasteiger partial charge in [0.05, 0.1) is 0 Å². The molecule has 0 atom stereocenters. The highest BCUT2D eigenvalue weighted by molar-refractivity contribution is 7.99. The van der Waals surface area contributed by atoms with E-state index in [1.165, 1.54) is 63.4 Å². The first-order chi connectivity index (χ1) is 11.2. The summed E-state index contributed by atoms with van der Waals surface area (Å²) in [5.74, 6) is 2.62. The average molecular weight is 340 g/mol. The molecule has 1 saturated carbocycles. The summed E-state index contributed by atoms with van der Waals surface area (Å²) in [4.78, 5) is 18.1. The van der Waals surface area contributed by atoms with E-state index in [0.717, 1.165) is 31.6 Å². The minimum atomic E-state index is -0.731. The van der Waals surface area contributed by atoms with Crippen LogP contribution in [-0.4, -0.2) is 88.8 Å². The molecule has 0 bridgehead atoms. The van der Waals surface area contributed by atoms with Gasteiger partial charge in [0.2, 0.25) is 0 Å². The van der Waals surface area contributed by atoms with Crippen molar-refractivity contribution in [2.75, 3.05) is 50.8 Å². The Hall–Kier alpha value is -0.460. The van der Waals surface area contributed by atoms with E-state index in [4.69, 9.17) is 5.11 Å². The summed E-state index contributed by atoms with van der Waals surface area (Å²) >= 11 is 2.10. The van der Waals surface area contributed by atoms with Crippen LogP contribution < -0.4 is 0 Å². The lowest BCUT2D eigenvalue weighted by atomic mass is 9.64. The van der Waals surface area contributed by atoms with Crippen molar-refractivity contribution in [1.29, 1.82) is 0 Å². The SMILES string of the molecule is O=C(O)N1CCC2(CC(N3CCC(N4CCSCC4)CC3)C2)C1. The van der Waals surface area contributed by atoms with Gasteiger partial charge in [0.25, 0.3) is 0 Å². The van der Waals surface area contributed by atoms with E-state index in [1.807, 2.05) is 0 Å². The molecule has 5 nitrogen and oxygen atoms in total. The highest BCUT2D eigenvalue weighted by Crippen LogP contribution is 2.50. The molecular formula is C17H29N3O2S. The van der Waals surface area contributed by atoms with Crippen molar-refractivity contribution < 1.29 is 9.90 Å². The van der Waals surface area contributed by atoms with Gasteiger partial charge < -0.3 is 14.9 Å². The second-order valence-electron chi connectivity index (χ2n) is 7.93. The van der Waals surface area contributed by atoms with E-state index in [1.54, 1.807) is 4.90 Å². The van der Waals surface area contributed by atoms with Crippen molar-refractivity contribution in [2.45, 2.75) is 44.2 Å². The standard InChI is InChI=1S/C17H29N3O2S/c21-16(22)20-6-3-17(13-20)11-15(12-17)18-4-1-14(2-5-18)19-7-9-23-10-8-19/h14-15H,1-13H2,(H,21,22). The Balaban J connectivity index is 1.23. The topological polar surface area (TPSA) is 47.0 Å². The van der Waals surface area contributed by atoms with Crippen LogP contribution in [0.3, 0.4) is 0 Å². The number of amides is 1. The summed E-state index contributed by atoms with van der Waals surface area (Å²) in [6, 6.07) is 1.54. The highest BCUT2D eigenvalue weighted by atomic mass is 32.2. The number of hydrogen-bond donors (Lipinski definition) is 1. The van der Waals surface area contributed by atoms with Crippen molar-refractivity contribution in [3.8, 4) is 0 Å². The van der Waals surface area contributed by atoms with Crippen LogP contribution in [0.25, 0.3) is 0 Å². The molecule has 1 spiro atoms. The number of hydrogen-bond acceptors (Lipinski definition) is 4. The second kappa shape index (κ2) is 6.45. The lowest BCUT2D eigenvalue weighted by molar-refractivity contribution is -0.0145. The van der Waals surface area contributed by atoms with Crippen LogP contribution in [-0.2, 0) is 0 Å². The van der Waals surface area contributed by atoms with Crippen LogP contribution in [0, 0.1) is 5.41 Å². The van der Waals surface area contributed by atoms with Gasteiger partial charge >= 0.3 is 6.09 Å². The molecule has 1 N–H and O–H groups in total. The van der Waals surface area contributed by atoms with Crippen molar-refractivity contribution >= 4 is 17.9 Å². The fraction of sp³-hybridized carbons (Fsp3) is 0.941. The smallest absolute Gasteiger partial charge is 0.407 e. The maximum Gasteiger partial charge on any atom is 0.407 e. The Morgan fingerprint density at radius 2 is 1.61 bits per heavy atom. The van der Waals surface area contributed by atoms with Crippen molar-refractivity contribution in [3.05, 3.63) is 0 Å². The molecule has 3 heterocycles. The zero-order chi connectivity index (χ0) is 15.9. The molecule has 1 aliphatic carbocycles. The lowest BCUT2D eigenvalue weighted by Gasteiger charge is -2.52. The van der Waals surface area contributed by atoms with E-state index in [2.05, 4.69) is 21.6 Å². The van der Waals surface area contributed by atoms with E-state index in [0.29, 0.717) is 5.41 Å². The van der Waals surface area contributed by atoms with E-state index >= 15 is 0 Å².